The fourth-order valence-corrected chi connectivity index (χ4v) is 4.87. The van der Waals surface area contributed by atoms with E-state index in [0.29, 0.717) is 25.2 Å². The van der Waals surface area contributed by atoms with Gasteiger partial charge < -0.3 is 10.2 Å². The highest BCUT2D eigenvalue weighted by Gasteiger charge is 2.31. The number of benzene rings is 1. The third-order valence-electron chi connectivity index (χ3n) is 4.83. The first-order valence-electron chi connectivity index (χ1n) is 8.81. The van der Waals surface area contributed by atoms with Gasteiger partial charge in [0.25, 0.3) is 5.91 Å². The molecular weight excluding hydrogens is 338 g/mol. The summed E-state index contributed by atoms with van der Waals surface area (Å²) in [6, 6.07) is 4.86. The lowest BCUT2D eigenvalue weighted by molar-refractivity contribution is 0.0796. The molecule has 25 heavy (non-hydrogen) atoms. The molecule has 0 spiro atoms. The molecule has 6 nitrogen and oxygen atoms in total. The van der Waals surface area contributed by atoms with Gasteiger partial charge in [0.1, 0.15) is 0 Å². The van der Waals surface area contributed by atoms with Crippen molar-refractivity contribution >= 4 is 15.9 Å². The number of likely N-dealkylation sites (N-methyl/N-ethyl adjacent to an activating group) is 2. The Bertz CT molecular complexity index is 718. The second-order valence-corrected chi connectivity index (χ2v) is 8.66. The number of carbonyl (C=O) groups excluding carboxylic acids is 1. The van der Waals surface area contributed by atoms with E-state index in [0.717, 1.165) is 24.8 Å². The molecule has 2 rings (SSSR count). The largest absolute Gasteiger partial charge is 0.340 e. The third-order valence-corrected chi connectivity index (χ3v) is 6.84. The standard InChI is InChI=1S/C18H29N3O3S/c1-14-8-9-16(13-17(14)18(22)20(4)12-10-19-3)25(23,24)21-11-6-5-7-15(21)2/h8-9,13,15,19H,5-7,10-12H2,1-4H3. The molecule has 1 unspecified atom stereocenters. The second kappa shape index (κ2) is 8.29. The molecule has 1 aromatic rings. The van der Waals surface area contributed by atoms with Gasteiger partial charge in [-0.05, 0) is 51.4 Å². The molecule has 0 aliphatic carbocycles. The van der Waals surface area contributed by atoms with Crippen LogP contribution in [0.5, 0.6) is 0 Å². The van der Waals surface area contributed by atoms with Crippen molar-refractivity contribution in [1.29, 1.82) is 0 Å². The lowest BCUT2D eigenvalue weighted by Crippen LogP contribution is -2.42. The Hall–Kier alpha value is -1.44. The van der Waals surface area contributed by atoms with Crippen LogP contribution in [0.1, 0.15) is 42.1 Å². The van der Waals surface area contributed by atoms with Crippen molar-refractivity contribution in [3.05, 3.63) is 29.3 Å². The number of nitrogens with one attached hydrogen (secondary N) is 1. The molecule has 1 aliphatic rings. The van der Waals surface area contributed by atoms with Gasteiger partial charge >= 0.3 is 0 Å². The van der Waals surface area contributed by atoms with Gasteiger partial charge in [-0.15, -0.1) is 0 Å². The molecule has 0 bridgehead atoms. The van der Waals surface area contributed by atoms with Crippen LogP contribution in [-0.4, -0.2) is 63.3 Å². The Morgan fingerprint density at radius 1 is 1.36 bits per heavy atom. The molecule has 1 saturated heterocycles. The molecule has 1 aliphatic heterocycles. The summed E-state index contributed by atoms with van der Waals surface area (Å²) in [5.74, 6) is -0.156. The molecule has 1 heterocycles. The summed E-state index contributed by atoms with van der Waals surface area (Å²) in [5, 5.41) is 3.01. The Morgan fingerprint density at radius 3 is 2.72 bits per heavy atom. The molecule has 0 saturated carbocycles. The number of hydrogen-bond acceptors (Lipinski definition) is 4. The maximum Gasteiger partial charge on any atom is 0.253 e. The van der Waals surface area contributed by atoms with Gasteiger partial charge in [-0.1, -0.05) is 12.5 Å². The quantitative estimate of drug-likeness (QED) is 0.833. The first-order valence-corrected chi connectivity index (χ1v) is 10.3. The van der Waals surface area contributed by atoms with Gasteiger partial charge in [-0.25, -0.2) is 8.42 Å². The van der Waals surface area contributed by atoms with Crippen molar-refractivity contribution in [3.63, 3.8) is 0 Å². The normalized spacial score (nSPS) is 19.0. The van der Waals surface area contributed by atoms with Crippen molar-refractivity contribution < 1.29 is 13.2 Å². The SMILES string of the molecule is CNCCN(C)C(=O)c1cc(S(=O)(=O)N2CCCCC2C)ccc1C. The molecule has 7 heteroatoms. The molecule has 1 N–H and O–H groups in total. The highest BCUT2D eigenvalue weighted by atomic mass is 32.2. The number of carbonyl (C=O) groups is 1. The van der Waals surface area contributed by atoms with Gasteiger partial charge in [0.15, 0.2) is 0 Å². The molecule has 0 aromatic heterocycles. The van der Waals surface area contributed by atoms with Crippen LogP contribution in [0.3, 0.4) is 0 Å². The van der Waals surface area contributed by atoms with E-state index in [-0.39, 0.29) is 16.8 Å². The van der Waals surface area contributed by atoms with Crippen LogP contribution in [0.2, 0.25) is 0 Å². The van der Waals surface area contributed by atoms with Crippen molar-refractivity contribution in [2.75, 3.05) is 33.7 Å². The lowest BCUT2D eigenvalue weighted by atomic mass is 10.1. The van der Waals surface area contributed by atoms with Crippen molar-refractivity contribution in [1.82, 2.24) is 14.5 Å². The number of amides is 1. The van der Waals surface area contributed by atoms with E-state index >= 15 is 0 Å². The minimum Gasteiger partial charge on any atom is -0.340 e. The molecule has 1 fully saturated rings. The average Bonchev–Trinajstić information content (AvgIpc) is 2.59. The maximum absolute atomic E-state index is 13.0. The summed E-state index contributed by atoms with van der Waals surface area (Å²) in [6.45, 7) is 5.57. The van der Waals surface area contributed by atoms with Crippen molar-refractivity contribution in [2.45, 2.75) is 44.0 Å². The van der Waals surface area contributed by atoms with Crippen LogP contribution in [0, 0.1) is 6.92 Å². The maximum atomic E-state index is 13.0. The van der Waals surface area contributed by atoms with Crippen LogP contribution in [-0.2, 0) is 10.0 Å². The minimum absolute atomic E-state index is 0.00231. The second-order valence-electron chi connectivity index (χ2n) is 6.77. The Morgan fingerprint density at radius 2 is 2.08 bits per heavy atom. The predicted octanol–water partition coefficient (Wildman–Crippen LogP) is 1.85. The topological polar surface area (TPSA) is 69.7 Å². The zero-order valence-corrected chi connectivity index (χ0v) is 16.4. The van der Waals surface area contributed by atoms with Gasteiger partial charge in [0.05, 0.1) is 4.90 Å². The summed E-state index contributed by atoms with van der Waals surface area (Å²) < 4.78 is 27.6. The van der Waals surface area contributed by atoms with E-state index < -0.39 is 10.0 Å². The number of piperidine rings is 1. The van der Waals surface area contributed by atoms with E-state index in [2.05, 4.69) is 5.32 Å². The van der Waals surface area contributed by atoms with Gasteiger partial charge in [0.2, 0.25) is 10.0 Å². The summed E-state index contributed by atoms with van der Waals surface area (Å²) in [6.07, 6.45) is 2.82. The van der Waals surface area contributed by atoms with Gasteiger partial charge in [-0.2, -0.15) is 4.31 Å². The highest BCUT2D eigenvalue weighted by Crippen LogP contribution is 2.26. The number of aryl methyl sites for hydroxylation is 1. The molecule has 1 amide bonds. The van der Waals surface area contributed by atoms with Gasteiger partial charge in [-0.3, -0.25) is 4.79 Å². The summed E-state index contributed by atoms with van der Waals surface area (Å²) in [5.41, 5.74) is 1.23. The number of nitrogens with zero attached hydrogens (tertiary/aromatic N) is 2. The third kappa shape index (κ3) is 4.40. The summed E-state index contributed by atoms with van der Waals surface area (Å²) >= 11 is 0. The number of hydrogen-bond donors (Lipinski definition) is 1. The van der Waals surface area contributed by atoms with Crippen LogP contribution in [0.25, 0.3) is 0 Å². The van der Waals surface area contributed by atoms with Crippen LogP contribution < -0.4 is 5.32 Å². The smallest absolute Gasteiger partial charge is 0.253 e. The first-order chi connectivity index (χ1) is 11.8. The van der Waals surface area contributed by atoms with E-state index in [1.54, 1.807) is 28.4 Å². The van der Waals surface area contributed by atoms with Crippen molar-refractivity contribution in [2.24, 2.45) is 0 Å². The Labute approximate surface area is 151 Å². The number of rotatable bonds is 6. The molecule has 1 atom stereocenters. The Kier molecular flexibility index (Phi) is 6.59. The van der Waals surface area contributed by atoms with Crippen molar-refractivity contribution in [3.8, 4) is 0 Å². The summed E-state index contributed by atoms with van der Waals surface area (Å²) in [7, 11) is -0.0173. The fourth-order valence-electron chi connectivity index (χ4n) is 3.14. The Balaban J connectivity index is 2.33. The zero-order chi connectivity index (χ0) is 18.6. The van der Waals surface area contributed by atoms with Crippen LogP contribution in [0.4, 0.5) is 0 Å². The first kappa shape index (κ1) is 19.9. The fraction of sp³-hybridized carbons (Fsp3) is 0.611. The zero-order valence-electron chi connectivity index (χ0n) is 15.6. The molecular formula is C18H29N3O3S. The molecule has 140 valence electrons. The van der Waals surface area contributed by atoms with E-state index in [1.807, 2.05) is 20.9 Å². The lowest BCUT2D eigenvalue weighted by Gasteiger charge is -2.32. The highest BCUT2D eigenvalue weighted by molar-refractivity contribution is 7.89. The summed E-state index contributed by atoms with van der Waals surface area (Å²) in [4.78, 5) is 14.5. The van der Waals surface area contributed by atoms with Crippen LogP contribution in [0.15, 0.2) is 23.1 Å². The minimum atomic E-state index is -3.58. The average molecular weight is 368 g/mol. The molecule has 1 aromatic carbocycles. The van der Waals surface area contributed by atoms with Gasteiger partial charge in [0, 0.05) is 38.3 Å². The van der Waals surface area contributed by atoms with E-state index in [9.17, 15) is 13.2 Å². The van der Waals surface area contributed by atoms with E-state index in [4.69, 9.17) is 0 Å². The van der Waals surface area contributed by atoms with E-state index in [1.165, 1.54) is 6.07 Å². The van der Waals surface area contributed by atoms with Crippen LogP contribution >= 0.6 is 0 Å². The number of sulfonamides is 1. The molecule has 0 radical (unpaired) electrons. The monoisotopic (exact) mass is 367 g/mol. The predicted molar refractivity (Wildman–Crippen MR) is 99.3 cm³/mol.